The molecule has 0 unspecified atom stereocenters. The summed E-state index contributed by atoms with van der Waals surface area (Å²) in [6.07, 6.45) is 0. The molecule has 1 aliphatic heterocycles. The predicted molar refractivity (Wildman–Crippen MR) is 110 cm³/mol. The minimum absolute atomic E-state index is 0.201. The highest BCUT2D eigenvalue weighted by atomic mass is 19.1. The highest BCUT2D eigenvalue weighted by Crippen LogP contribution is 2.16. The van der Waals surface area contributed by atoms with Crippen molar-refractivity contribution in [1.82, 2.24) is 15.5 Å². The number of rotatable bonds is 6. The van der Waals surface area contributed by atoms with Gasteiger partial charge in [-0.05, 0) is 42.0 Å². The van der Waals surface area contributed by atoms with Crippen LogP contribution in [0.15, 0.2) is 53.5 Å². The molecule has 2 N–H and O–H groups in total. The number of anilines is 1. The average Bonchev–Trinajstić information content (AvgIpc) is 2.72. The zero-order valence-electron chi connectivity index (χ0n) is 16.2. The number of aliphatic imine (C=N–C) groups is 1. The standard InChI is InChI=1S/C21H27F2N5/c1-24-21(26-16-17-3-2-4-19(23)15-17)25-9-10-27-11-13-28(14-12-27)20-7-5-18(22)6-8-20/h2-8,15H,9-14,16H2,1H3,(H2,24,25,26). The molecule has 28 heavy (non-hydrogen) atoms. The van der Waals surface area contributed by atoms with E-state index in [1.165, 1.54) is 24.3 Å². The van der Waals surface area contributed by atoms with Gasteiger partial charge in [-0.15, -0.1) is 0 Å². The Bertz CT molecular complexity index is 771. The first-order valence-electron chi connectivity index (χ1n) is 9.56. The first-order valence-corrected chi connectivity index (χ1v) is 9.56. The zero-order chi connectivity index (χ0) is 19.8. The Hall–Kier alpha value is -2.67. The Labute approximate surface area is 165 Å². The lowest BCUT2D eigenvalue weighted by molar-refractivity contribution is 0.261. The number of nitrogens with zero attached hydrogens (tertiary/aromatic N) is 3. The SMILES string of the molecule is CN=C(NCCN1CCN(c2ccc(F)cc2)CC1)NCc1cccc(F)c1. The Morgan fingerprint density at radius 1 is 0.964 bits per heavy atom. The number of piperazine rings is 1. The molecule has 150 valence electrons. The van der Waals surface area contributed by atoms with Crippen molar-refractivity contribution in [2.24, 2.45) is 4.99 Å². The molecule has 3 rings (SSSR count). The van der Waals surface area contributed by atoms with Crippen molar-refractivity contribution in [3.8, 4) is 0 Å². The van der Waals surface area contributed by atoms with Crippen LogP contribution in [0.5, 0.6) is 0 Å². The molecule has 1 saturated heterocycles. The van der Waals surface area contributed by atoms with Crippen LogP contribution in [0.1, 0.15) is 5.56 Å². The summed E-state index contributed by atoms with van der Waals surface area (Å²) in [6, 6.07) is 13.2. The maximum atomic E-state index is 13.2. The van der Waals surface area contributed by atoms with Gasteiger partial charge in [-0.3, -0.25) is 9.89 Å². The molecule has 0 saturated carbocycles. The number of hydrogen-bond donors (Lipinski definition) is 2. The van der Waals surface area contributed by atoms with Crippen LogP contribution in [0.4, 0.5) is 14.5 Å². The van der Waals surface area contributed by atoms with Gasteiger partial charge in [-0.2, -0.15) is 0 Å². The van der Waals surface area contributed by atoms with Crippen molar-refractivity contribution in [2.75, 3.05) is 51.2 Å². The molecule has 0 amide bonds. The van der Waals surface area contributed by atoms with Crippen LogP contribution in [0.25, 0.3) is 0 Å². The fourth-order valence-electron chi connectivity index (χ4n) is 3.27. The van der Waals surface area contributed by atoms with Crippen LogP contribution in [-0.2, 0) is 6.54 Å². The van der Waals surface area contributed by atoms with E-state index < -0.39 is 0 Å². The molecule has 1 heterocycles. The first kappa shape index (κ1) is 20.1. The molecule has 1 fully saturated rings. The Balaban J connectivity index is 1.36. The molecule has 0 atom stereocenters. The largest absolute Gasteiger partial charge is 0.369 e. The zero-order valence-corrected chi connectivity index (χ0v) is 16.2. The number of guanidine groups is 1. The molecule has 0 spiro atoms. The third-order valence-electron chi connectivity index (χ3n) is 4.86. The van der Waals surface area contributed by atoms with Crippen molar-refractivity contribution in [1.29, 1.82) is 0 Å². The van der Waals surface area contributed by atoms with E-state index in [2.05, 4.69) is 25.4 Å². The molecule has 0 bridgehead atoms. The molecule has 0 radical (unpaired) electrons. The van der Waals surface area contributed by atoms with Gasteiger partial charge >= 0.3 is 0 Å². The van der Waals surface area contributed by atoms with Gasteiger partial charge in [0.15, 0.2) is 5.96 Å². The van der Waals surface area contributed by atoms with Gasteiger partial charge in [-0.25, -0.2) is 8.78 Å². The molecule has 7 heteroatoms. The third-order valence-corrected chi connectivity index (χ3v) is 4.86. The number of nitrogens with one attached hydrogen (secondary N) is 2. The smallest absolute Gasteiger partial charge is 0.191 e. The lowest BCUT2D eigenvalue weighted by Crippen LogP contribution is -2.49. The Kier molecular flexibility index (Phi) is 7.19. The minimum Gasteiger partial charge on any atom is -0.369 e. The van der Waals surface area contributed by atoms with E-state index >= 15 is 0 Å². The van der Waals surface area contributed by atoms with Crippen LogP contribution in [-0.4, -0.2) is 57.2 Å². The minimum atomic E-state index is -0.234. The summed E-state index contributed by atoms with van der Waals surface area (Å²) in [4.78, 5) is 8.89. The van der Waals surface area contributed by atoms with Gasteiger partial charge in [-0.1, -0.05) is 12.1 Å². The Morgan fingerprint density at radius 3 is 2.39 bits per heavy atom. The average molecular weight is 387 g/mol. The van der Waals surface area contributed by atoms with E-state index in [0.29, 0.717) is 12.5 Å². The summed E-state index contributed by atoms with van der Waals surface area (Å²) in [7, 11) is 1.72. The van der Waals surface area contributed by atoms with Crippen LogP contribution in [0, 0.1) is 11.6 Å². The van der Waals surface area contributed by atoms with Crippen LogP contribution < -0.4 is 15.5 Å². The van der Waals surface area contributed by atoms with Crippen molar-refractivity contribution >= 4 is 11.6 Å². The van der Waals surface area contributed by atoms with Crippen LogP contribution in [0.3, 0.4) is 0 Å². The lowest BCUT2D eigenvalue weighted by atomic mass is 10.2. The summed E-state index contributed by atoms with van der Waals surface area (Å²) in [5.41, 5.74) is 1.95. The van der Waals surface area contributed by atoms with E-state index in [-0.39, 0.29) is 11.6 Å². The summed E-state index contributed by atoms with van der Waals surface area (Å²) < 4.78 is 26.3. The van der Waals surface area contributed by atoms with Crippen molar-refractivity contribution in [2.45, 2.75) is 6.54 Å². The number of hydrogen-bond acceptors (Lipinski definition) is 3. The maximum Gasteiger partial charge on any atom is 0.191 e. The van der Waals surface area contributed by atoms with Gasteiger partial charge in [0.1, 0.15) is 11.6 Å². The van der Waals surface area contributed by atoms with E-state index in [1.54, 1.807) is 13.1 Å². The van der Waals surface area contributed by atoms with E-state index in [9.17, 15) is 8.78 Å². The molecule has 5 nitrogen and oxygen atoms in total. The molecule has 2 aromatic carbocycles. The summed E-state index contributed by atoms with van der Waals surface area (Å²) in [6.45, 7) is 6.00. The lowest BCUT2D eigenvalue weighted by Gasteiger charge is -2.36. The van der Waals surface area contributed by atoms with Gasteiger partial charge < -0.3 is 15.5 Å². The second-order valence-corrected chi connectivity index (χ2v) is 6.79. The van der Waals surface area contributed by atoms with E-state index in [1.807, 2.05) is 18.2 Å². The summed E-state index contributed by atoms with van der Waals surface area (Å²) in [5, 5.41) is 6.50. The first-order chi connectivity index (χ1) is 13.6. The van der Waals surface area contributed by atoms with Gasteiger partial charge in [0.25, 0.3) is 0 Å². The highest BCUT2D eigenvalue weighted by Gasteiger charge is 2.16. The second kappa shape index (κ2) is 10.0. The van der Waals surface area contributed by atoms with E-state index in [4.69, 9.17) is 0 Å². The predicted octanol–water partition coefficient (Wildman–Crippen LogP) is 2.45. The quantitative estimate of drug-likeness (QED) is 0.590. The molecule has 0 aromatic heterocycles. The number of benzene rings is 2. The molecule has 1 aliphatic rings. The number of halogens is 2. The highest BCUT2D eigenvalue weighted by molar-refractivity contribution is 5.79. The maximum absolute atomic E-state index is 13.2. The van der Waals surface area contributed by atoms with E-state index in [0.717, 1.165) is 50.5 Å². The van der Waals surface area contributed by atoms with Gasteiger partial charge in [0.2, 0.25) is 0 Å². The summed E-state index contributed by atoms with van der Waals surface area (Å²) in [5.74, 6) is 0.268. The van der Waals surface area contributed by atoms with Gasteiger partial charge in [0, 0.05) is 58.5 Å². The fourth-order valence-corrected chi connectivity index (χ4v) is 3.27. The second-order valence-electron chi connectivity index (χ2n) is 6.79. The summed E-state index contributed by atoms with van der Waals surface area (Å²) >= 11 is 0. The van der Waals surface area contributed by atoms with Crippen molar-refractivity contribution in [3.63, 3.8) is 0 Å². The topological polar surface area (TPSA) is 42.9 Å². The fraction of sp³-hybridized carbons (Fsp3) is 0.381. The molecular weight excluding hydrogens is 360 g/mol. The van der Waals surface area contributed by atoms with Crippen LogP contribution >= 0.6 is 0 Å². The monoisotopic (exact) mass is 387 g/mol. The Morgan fingerprint density at radius 2 is 1.71 bits per heavy atom. The third kappa shape index (κ3) is 5.92. The van der Waals surface area contributed by atoms with Gasteiger partial charge in [0.05, 0.1) is 0 Å². The molecule has 0 aliphatic carbocycles. The molecule has 2 aromatic rings. The van der Waals surface area contributed by atoms with Crippen molar-refractivity contribution < 1.29 is 8.78 Å². The van der Waals surface area contributed by atoms with Crippen molar-refractivity contribution in [3.05, 3.63) is 65.7 Å². The molecular formula is C21H27F2N5. The normalized spacial score (nSPS) is 15.5. The van der Waals surface area contributed by atoms with Crippen LogP contribution in [0.2, 0.25) is 0 Å².